The van der Waals surface area contributed by atoms with Gasteiger partial charge in [-0.2, -0.15) is 16.1 Å². The summed E-state index contributed by atoms with van der Waals surface area (Å²) < 4.78 is 4.22. The Morgan fingerprint density at radius 3 is 3.17 bits per heavy atom. The van der Waals surface area contributed by atoms with Crippen molar-refractivity contribution < 1.29 is 4.92 Å². The molecule has 0 radical (unpaired) electrons. The van der Waals surface area contributed by atoms with E-state index in [0.717, 1.165) is 29.8 Å². The Hall–Kier alpha value is -1.28. The van der Waals surface area contributed by atoms with Crippen LogP contribution in [0.5, 0.6) is 0 Å². The van der Waals surface area contributed by atoms with Gasteiger partial charge in [-0.3, -0.25) is 10.1 Å². The van der Waals surface area contributed by atoms with Crippen LogP contribution in [-0.4, -0.2) is 28.6 Å². The van der Waals surface area contributed by atoms with Gasteiger partial charge in [-0.15, -0.1) is 0 Å². The summed E-state index contributed by atoms with van der Waals surface area (Å²) in [6.07, 6.45) is 1.88. The van der Waals surface area contributed by atoms with Gasteiger partial charge in [0.15, 0.2) is 5.82 Å². The molecule has 18 heavy (non-hydrogen) atoms. The average Bonchev–Trinajstić information content (AvgIpc) is 2.84. The summed E-state index contributed by atoms with van der Waals surface area (Å²) in [6.45, 7) is 0.713. The summed E-state index contributed by atoms with van der Waals surface area (Å²) in [5, 5.41) is 18.0. The lowest BCUT2D eigenvalue weighted by molar-refractivity contribution is -0.404. The van der Waals surface area contributed by atoms with Crippen molar-refractivity contribution in [1.29, 1.82) is 0 Å². The molecule has 8 heteroatoms. The highest BCUT2D eigenvalue weighted by Crippen LogP contribution is 2.12. The van der Waals surface area contributed by atoms with Gasteiger partial charge in [0.1, 0.15) is 0 Å². The first kappa shape index (κ1) is 14.8. The number of nitrogens with one attached hydrogen (secondary N) is 2. The number of rotatable bonds is 9. The topological polar surface area (TPSA) is 80.1 Å². The van der Waals surface area contributed by atoms with Crippen molar-refractivity contribution in [3.63, 3.8) is 0 Å². The summed E-state index contributed by atoms with van der Waals surface area (Å²) in [6, 6.07) is 2.02. The van der Waals surface area contributed by atoms with E-state index in [4.69, 9.17) is 0 Å². The van der Waals surface area contributed by atoms with Crippen molar-refractivity contribution in [2.45, 2.75) is 12.2 Å². The lowest BCUT2D eigenvalue weighted by Gasteiger charge is -2.07. The molecule has 0 atom stereocenters. The number of nitrogens with zero attached hydrogens (tertiary/aromatic N) is 2. The molecule has 0 saturated heterocycles. The van der Waals surface area contributed by atoms with E-state index in [9.17, 15) is 10.1 Å². The van der Waals surface area contributed by atoms with Gasteiger partial charge in [0.05, 0.1) is 10.6 Å². The largest absolute Gasteiger partial charge is 0.370 e. The lowest BCUT2D eigenvalue weighted by atomic mass is 10.5. The summed E-state index contributed by atoms with van der Waals surface area (Å²) in [7, 11) is 1.65. The van der Waals surface area contributed by atoms with E-state index in [1.165, 1.54) is 11.5 Å². The lowest BCUT2D eigenvalue weighted by Crippen LogP contribution is -2.25. The molecule has 0 spiro atoms. The Morgan fingerprint density at radius 2 is 2.56 bits per heavy atom. The van der Waals surface area contributed by atoms with Crippen LogP contribution in [0.1, 0.15) is 12.1 Å². The van der Waals surface area contributed by atoms with Crippen molar-refractivity contribution in [2.24, 2.45) is 0 Å². The second-order valence-electron chi connectivity index (χ2n) is 3.40. The Bertz CT molecular complexity index is 381. The Balaban J connectivity index is 2.06. The molecule has 0 bridgehead atoms. The molecule has 100 valence electrons. The van der Waals surface area contributed by atoms with Crippen LogP contribution in [0.4, 0.5) is 0 Å². The van der Waals surface area contributed by atoms with Crippen LogP contribution in [0.2, 0.25) is 0 Å². The fourth-order valence-electron chi connectivity index (χ4n) is 1.19. The molecular weight excluding hydrogens is 272 g/mol. The van der Waals surface area contributed by atoms with Gasteiger partial charge in [-0.1, -0.05) is 0 Å². The third-order valence-electron chi connectivity index (χ3n) is 2.03. The van der Waals surface area contributed by atoms with E-state index in [0.29, 0.717) is 12.4 Å². The van der Waals surface area contributed by atoms with Gasteiger partial charge < -0.3 is 10.6 Å². The zero-order valence-corrected chi connectivity index (χ0v) is 11.7. The van der Waals surface area contributed by atoms with Crippen LogP contribution in [-0.2, 0) is 5.75 Å². The van der Waals surface area contributed by atoms with Crippen LogP contribution < -0.4 is 10.6 Å². The molecule has 0 aliphatic rings. The monoisotopic (exact) mass is 288 g/mol. The second-order valence-corrected chi connectivity index (χ2v) is 5.17. The molecule has 1 aromatic heterocycles. The second kappa shape index (κ2) is 8.76. The highest BCUT2D eigenvalue weighted by molar-refractivity contribution is 7.98. The molecule has 0 saturated carbocycles. The normalized spacial score (nSPS) is 11.3. The fourth-order valence-corrected chi connectivity index (χ4v) is 2.67. The van der Waals surface area contributed by atoms with Crippen LogP contribution in [0.25, 0.3) is 0 Å². The molecule has 0 unspecified atom stereocenters. The third-order valence-corrected chi connectivity index (χ3v) is 3.70. The summed E-state index contributed by atoms with van der Waals surface area (Å²) in [5.41, 5.74) is 1.11. The smallest absolute Gasteiger partial charge is 0.274 e. The van der Waals surface area contributed by atoms with Gasteiger partial charge in [-0.05, 0) is 29.8 Å². The van der Waals surface area contributed by atoms with E-state index >= 15 is 0 Å². The molecule has 2 N–H and O–H groups in total. The Labute approximate surface area is 114 Å². The van der Waals surface area contributed by atoms with Crippen LogP contribution in [0.3, 0.4) is 0 Å². The van der Waals surface area contributed by atoms with Crippen LogP contribution in [0.15, 0.2) is 23.5 Å². The predicted octanol–water partition coefficient (Wildman–Crippen LogP) is 1.65. The molecule has 1 heterocycles. The number of aromatic nitrogens is 1. The average molecular weight is 288 g/mol. The van der Waals surface area contributed by atoms with Gasteiger partial charge in [0.25, 0.3) is 6.20 Å². The van der Waals surface area contributed by atoms with Crippen LogP contribution in [0, 0.1) is 10.1 Å². The zero-order chi connectivity index (χ0) is 13.2. The van der Waals surface area contributed by atoms with Gasteiger partial charge in [0, 0.05) is 24.7 Å². The molecule has 0 fully saturated rings. The highest BCUT2D eigenvalue weighted by atomic mass is 32.2. The predicted molar refractivity (Wildman–Crippen MR) is 75.0 cm³/mol. The van der Waals surface area contributed by atoms with Crippen LogP contribution >= 0.6 is 23.3 Å². The molecule has 0 aliphatic carbocycles. The van der Waals surface area contributed by atoms with Crippen molar-refractivity contribution in [2.75, 3.05) is 19.3 Å². The SMILES string of the molecule is CN/C(=C/[N+](=O)[O-])NCCCSCc1ccsn1. The third kappa shape index (κ3) is 6.45. The molecule has 1 aromatic rings. The summed E-state index contributed by atoms with van der Waals surface area (Å²) in [4.78, 5) is 9.80. The number of nitro groups is 1. The van der Waals surface area contributed by atoms with Crippen molar-refractivity contribution in [3.05, 3.63) is 39.3 Å². The van der Waals surface area contributed by atoms with E-state index in [1.54, 1.807) is 7.05 Å². The maximum Gasteiger partial charge on any atom is 0.274 e. The van der Waals surface area contributed by atoms with Crippen molar-refractivity contribution in [3.8, 4) is 0 Å². The van der Waals surface area contributed by atoms with Gasteiger partial charge in [0.2, 0.25) is 0 Å². The summed E-state index contributed by atoms with van der Waals surface area (Å²) in [5.74, 6) is 2.36. The highest BCUT2D eigenvalue weighted by Gasteiger charge is 1.99. The number of hydrogen-bond acceptors (Lipinski definition) is 7. The number of hydrogen-bond donors (Lipinski definition) is 2. The molecule has 0 aliphatic heterocycles. The number of thioether (sulfide) groups is 1. The maximum absolute atomic E-state index is 10.3. The molecule has 1 rings (SSSR count). The first-order chi connectivity index (χ1) is 8.72. The quantitative estimate of drug-likeness (QED) is 0.408. The van der Waals surface area contributed by atoms with E-state index < -0.39 is 4.92 Å². The van der Waals surface area contributed by atoms with E-state index in [2.05, 4.69) is 15.0 Å². The van der Waals surface area contributed by atoms with Gasteiger partial charge >= 0.3 is 0 Å². The first-order valence-electron chi connectivity index (χ1n) is 5.46. The van der Waals surface area contributed by atoms with Crippen molar-refractivity contribution >= 4 is 23.3 Å². The Morgan fingerprint density at radius 1 is 1.72 bits per heavy atom. The minimum absolute atomic E-state index is 0.435. The molecule has 0 aromatic carbocycles. The van der Waals surface area contributed by atoms with Gasteiger partial charge in [-0.25, -0.2) is 0 Å². The molecule has 0 amide bonds. The minimum Gasteiger partial charge on any atom is -0.370 e. The molecule has 6 nitrogen and oxygen atoms in total. The minimum atomic E-state index is -0.476. The maximum atomic E-state index is 10.3. The van der Waals surface area contributed by atoms with E-state index in [-0.39, 0.29) is 0 Å². The Kier molecular flexibility index (Phi) is 7.19. The molecular formula is C10H16N4O2S2. The first-order valence-corrected chi connectivity index (χ1v) is 7.45. The standard InChI is InChI=1S/C10H16N4O2S2/c1-11-10(7-14(15)16)12-4-2-5-17-8-9-3-6-18-13-9/h3,6-7,11-12H,2,4-5,8H2,1H3/b10-7-. The fraction of sp³-hybridized carbons (Fsp3) is 0.500. The van der Waals surface area contributed by atoms with Crippen molar-refractivity contribution in [1.82, 2.24) is 15.0 Å². The zero-order valence-electron chi connectivity index (χ0n) is 10.1. The summed E-state index contributed by atoms with van der Waals surface area (Å²) >= 11 is 3.28. The van der Waals surface area contributed by atoms with E-state index in [1.807, 2.05) is 23.2 Å².